The first-order chi connectivity index (χ1) is 14.0. The number of carbonyl (C=O) groups excluding carboxylic acids is 2. The largest absolute Gasteiger partial charge is 0.459 e. The van der Waals surface area contributed by atoms with Crippen molar-refractivity contribution in [3.05, 3.63) is 100.0 Å². The number of hydrogen-bond acceptors (Lipinski definition) is 6. The second kappa shape index (κ2) is 9.32. The maximum Gasteiger partial charge on any atom is 0.329 e. The van der Waals surface area contributed by atoms with Crippen molar-refractivity contribution in [1.29, 1.82) is 0 Å². The van der Waals surface area contributed by atoms with Crippen LogP contribution in [0.5, 0.6) is 0 Å². The number of benzene rings is 2. The summed E-state index contributed by atoms with van der Waals surface area (Å²) in [6.45, 7) is -0.0707. The van der Waals surface area contributed by atoms with E-state index in [0.29, 0.717) is 5.56 Å². The fourth-order valence-corrected chi connectivity index (χ4v) is 2.65. The zero-order valence-electron chi connectivity index (χ0n) is 15.3. The van der Waals surface area contributed by atoms with Gasteiger partial charge in [0.05, 0.1) is 11.2 Å². The number of amides is 1. The van der Waals surface area contributed by atoms with Crippen LogP contribution in [-0.4, -0.2) is 22.8 Å². The van der Waals surface area contributed by atoms with E-state index in [9.17, 15) is 19.7 Å². The van der Waals surface area contributed by atoms with Gasteiger partial charge in [0.1, 0.15) is 12.6 Å². The van der Waals surface area contributed by atoms with Crippen LogP contribution in [0.2, 0.25) is 0 Å². The molecule has 0 saturated carbocycles. The molecule has 0 aliphatic rings. The Morgan fingerprint density at radius 3 is 2.34 bits per heavy atom. The van der Waals surface area contributed by atoms with Gasteiger partial charge in [0, 0.05) is 18.6 Å². The molecule has 0 aliphatic heterocycles. The summed E-state index contributed by atoms with van der Waals surface area (Å²) in [4.78, 5) is 35.1. The molecule has 8 heteroatoms. The van der Waals surface area contributed by atoms with Crippen molar-refractivity contribution < 1.29 is 23.7 Å². The number of esters is 1. The molecule has 0 aliphatic carbocycles. The highest BCUT2D eigenvalue weighted by atomic mass is 16.6. The van der Waals surface area contributed by atoms with Crippen LogP contribution >= 0.6 is 0 Å². The van der Waals surface area contributed by atoms with Crippen molar-refractivity contribution in [3.8, 4) is 0 Å². The number of rotatable bonds is 8. The third kappa shape index (κ3) is 5.52. The second-order valence-electron chi connectivity index (χ2n) is 6.22. The van der Waals surface area contributed by atoms with E-state index in [1.165, 1.54) is 36.6 Å². The van der Waals surface area contributed by atoms with Gasteiger partial charge in [-0.05, 0) is 35.4 Å². The van der Waals surface area contributed by atoms with E-state index in [2.05, 4.69) is 5.32 Å². The zero-order chi connectivity index (χ0) is 20.6. The summed E-state index contributed by atoms with van der Waals surface area (Å²) in [7, 11) is 0. The minimum Gasteiger partial charge on any atom is -0.459 e. The summed E-state index contributed by atoms with van der Waals surface area (Å²) in [6.07, 6.45) is 1.61. The van der Waals surface area contributed by atoms with E-state index in [0.717, 1.165) is 5.56 Å². The Hall–Kier alpha value is -3.94. The Balaban J connectivity index is 1.67. The number of furan rings is 1. The first-order valence-corrected chi connectivity index (χ1v) is 8.81. The number of carbonyl (C=O) groups is 2. The molecule has 1 heterocycles. The molecule has 0 saturated heterocycles. The van der Waals surface area contributed by atoms with Gasteiger partial charge in [-0.25, -0.2) is 4.79 Å². The quantitative estimate of drug-likeness (QED) is 0.356. The maximum atomic E-state index is 12.6. The molecule has 0 radical (unpaired) electrons. The van der Waals surface area contributed by atoms with Crippen molar-refractivity contribution in [1.82, 2.24) is 5.32 Å². The van der Waals surface area contributed by atoms with Crippen molar-refractivity contribution in [2.45, 2.75) is 19.1 Å². The summed E-state index contributed by atoms with van der Waals surface area (Å²) in [6, 6.07) is 17.1. The highest BCUT2D eigenvalue weighted by Crippen LogP contribution is 2.13. The first kappa shape index (κ1) is 19.8. The van der Waals surface area contributed by atoms with Gasteiger partial charge in [-0.3, -0.25) is 14.9 Å². The van der Waals surface area contributed by atoms with Gasteiger partial charge in [0.2, 0.25) is 0 Å². The molecule has 1 aromatic heterocycles. The van der Waals surface area contributed by atoms with Gasteiger partial charge in [-0.15, -0.1) is 0 Å². The summed E-state index contributed by atoms with van der Waals surface area (Å²) < 4.78 is 10.4. The molecule has 148 valence electrons. The molecular formula is C21H18N2O6. The molecule has 1 N–H and O–H groups in total. The Morgan fingerprint density at radius 1 is 1.00 bits per heavy atom. The van der Waals surface area contributed by atoms with Crippen molar-refractivity contribution in [2.75, 3.05) is 0 Å². The minimum absolute atomic E-state index is 0.0484. The van der Waals surface area contributed by atoms with E-state index in [1.807, 2.05) is 30.3 Å². The molecule has 0 bridgehead atoms. The van der Waals surface area contributed by atoms with Crippen LogP contribution in [0.1, 0.15) is 21.7 Å². The summed E-state index contributed by atoms with van der Waals surface area (Å²) >= 11 is 0. The minimum atomic E-state index is -0.923. The molecular weight excluding hydrogens is 376 g/mol. The molecule has 29 heavy (non-hydrogen) atoms. The van der Waals surface area contributed by atoms with Gasteiger partial charge in [-0.2, -0.15) is 0 Å². The molecule has 8 nitrogen and oxygen atoms in total. The molecule has 1 atom stereocenters. The van der Waals surface area contributed by atoms with E-state index >= 15 is 0 Å². The SMILES string of the molecule is O=C(N[C@@H](Cc1ccccc1)C(=O)OCc1ccc([N+](=O)[O-])cc1)c1ccco1. The van der Waals surface area contributed by atoms with Crippen LogP contribution in [0, 0.1) is 10.1 Å². The third-order valence-corrected chi connectivity index (χ3v) is 4.15. The predicted octanol–water partition coefficient (Wildman–Crippen LogP) is 3.27. The van der Waals surface area contributed by atoms with Gasteiger partial charge in [0.15, 0.2) is 5.76 Å². The maximum absolute atomic E-state index is 12.6. The second-order valence-corrected chi connectivity index (χ2v) is 6.22. The van der Waals surface area contributed by atoms with E-state index in [1.54, 1.807) is 6.07 Å². The van der Waals surface area contributed by atoms with Crippen molar-refractivity contribution in [2.24, 2.45) is 0 Å². The van der Waals surface area contributed by atoms with E-state index in [4.69, 9.17) is 9.15 Å². The summed E-state index contributed by atoms with van der Waals surface area (Å²) in [5, 5.41) is 13.3. The van der Waals surface area contributed by atoms with Crippen LogP contribution in [0.3, 0.4) is 0 Å². The number of nitrogens with zero attached hydrogens (tertiary/aromatic N) is 1. The van der Waals surface area contributed by atoms with Gasteiger partial charge < -0.3 is 14.5 Å². The lowest BCUT2D eigenvalue weighted by Gasteiger charge is -2.17. The first-order valence-electron chi connectivity index (χ1n) is 8.81. The van der Waals surface area contributed by atoms with Crippen LogP contribution < -0.4 is 5.32 Å². The Morgan fingerprint density at radius 2 is 1.72 bits per heavy atom. The molecule has 0 spiro atoms. The highest BCUT2D eigenvalue weighted by molar-refractivity contribution is 5.94. The van der Waals surface area contributed by atoms with E-state index in [-0.39, 0.29) is 24.5 Å². The van der Waals surface area contributed by atoms with Crippen molar-refractivity contribution >= 4 is 17.6 Å². The Bertz CT molecular complexity index is 968. The smallest absolute Gasteiger partial charge is 0.329 e. The molecule has 0 fully saturated rings. The molecule has 1 amide bonds. The van der Waals surface area contributed by atoms with Gasteiger partial charge in [-0.1, -0.05) is 30.3 Å². The van der Waals surface area contributed by atoms with Crippen LogP contribution in [0.25, 0.3) is 0 Å². The van der Waals surface area contributed by atoms with Gasteiger partial charge in [0.25, 0.3) is 11.6 Å². The van der Waals surface area contributed by atoms with Crippen LogP contribution in [-0.2, 0) is 22.6 Å². The lowest BCUT2D eigenvalue weighted by molar-refractivity contribution is -0.384. The molecule has 3 rings (SSSR count). The predicted molar refractivity (Wildman–Crippen MR) is 103 cm³/mol. The lowest BCUT2D eigenvalue weighted by atomic mass is 10.1. The average molecular weight is 394 g/mol. The Labute approximate surface area is 166 Å². The number of ether oxygens (including phenoxy) is 1. The van der Waals surface area contributed by atoms with Crippen LogP contribution in [0.15, 0.2) is 77.4 Å². The fraction of sp³-hybridized carbons (Fsp3) is 0.143. The fourth-order valence-electron chi connectivity index (χ4n) is 2.65. The number of non-ortho nitro benzene ring substituents is 1. The third-order valence-electron chi connectivity index (χ3n) is 4.15. The zero-order valence-corrected chi connectivity index (χ0v) is 15.3. The Kier molecular flexibility index (Phi) is 6.36. The molecule has 2 aromatic carbocycles. The lowest BCUT2D eigenvalue weighted by Crippen LogP contribution is -2.43. The van der Waals surface area contributed by atoms with E-state index < -0.39 is 22.8 Å². The normalized spacial score (nSPS) is 11.4. The molecule has 3 aromatic rings. The number of nitro benzene ring substituents is 1. The highest BCUT2D eigenvalue weighted by Gasteiger charge is 2.24. The summed E-state index contributed by atoms with van der Waals surface area (Å²) in [5.74, 6) is -1.05. The average Bonchev–Trinajstić information content (AvgIpc) is 3.27. The van der Waals surface area contributed by atoms with Gasteiger partial charge >= 0.3 is 5.97 Å². The summed E-state index contributed by atoms with van der Waals surface area (Å²) in [5.41, 5.74) is 1.40. The topological polar surface area (TPSA) is 112 Å². The van der Waals surface area contributed by atoms with Crippen molar-refractivity contribution in [3.63, 3.8) is 0 Å². The monoisotopic (exact) mass is 394 g/mol. The number of nitro groups is 1. The number of hydrogen-bond donors (Lipinski definition) is 1. The van der Waals surface area contributed by atoms with Crippen LogP contribution in [0.4, 0.5) is 5.69 Å². The standard InChI is InChI=1S/C21H18N2O6/c24-20(19-7-4-12-28-19)22-18(13-15-5-2-1-3-6-15)21(25)29-14-16-8-10-17(11-9-16)23(26)27/h1-12,18H,13-14H2,(H,22,24)/t18-/m0/s1. The molecule has 0 unspecified atom stereocenters. The number of nitrogens with one attached hydrogen (secondary N) is 1.